The lowest BCUT2D eigenvalue weighted by Crippen LogP contribution is -2.13. The van der Waals surface area contributed by atoms with E-state index in [0.29, 0.717) is 27.7 Å². The molecule has 3 aromatic heterocycles. The Hall–Kier alpha value is -3.52. The molecule has 7 nitrogen and oxygen atoms in total. The Morgan fingerprint density at radius 2 is 2.07 bits per heavy atom. The number of thiazole rings is 1. The van der Waals surface area contributed by atoms with Gasteiger partial charge in [0.25, 0.3) is 5.91 Å². The van der Waals surface area contributed by atoms with Crippen LogP contribution in [0.1, 0.15) is 10.5 Å². The summed E-state index contributed by atoms with van der Waals surface area (Å²) in [6.07, 6.45) is 1.46. The van der Waals surface area contributed by atoms with Crippen LogP contribution >= 0.6 is 11.3 Å². The van der Waals surface area contributed by atoms with Gasteiger partial charge >= 0.3 is 5.63 Å². The maximum atomic E-state index is 12.3. The number of nitrogens with one attached hydrogen (secondary N) is 1. The molecule has 1 amide bonds. The number of ether oxygens (including phenoxy) is 1. The van der Waals surface area contributed by atoms with Crippen LogP contribution in [0.5, 0.6) is 5.75 Å². The van der Waals surface area contributed by atoms with E-state index in [2.05, 4.69) is 15.3 Å². The second-order valence-corrected chi connectivity index (χ2v) is 6.42. The number of benzene rings is 1. The molecule has 0 saturated carbocycles. The number of carbonyl (C=O) groups is 1. The zero-order valence-corrected chi connectivity index (χ0v) is 14.9. The van der Waals surface area contributed by atoms with Gasteiger partial charge in [0.1, 0.15) is 17.0 Å². The van der Waals surface area contributed by atoms with E-state index < -0.39 is 11.5 Å². The van der Waals surface area contributed by atoms with Crippen molar-refractivity contribution in [3.8, 4) is 17.0 Å². The zero-order chi connectivity index (χ0) is 18.8. The minimum atomic E-state index is -0.478. The first-order chi connectivity index (χ1) is 13.1. The molecule has 1 N–H and O–H groups in total. The number of pyridine rings is 1. The van der Waals surface area contributed by atoms with Crippen molar-refractivity contribution < 1.29 is 13.9 Å². The molecular weight excluding hydrogens is 366 g/mol. The average molecular weight is 379 g/mol. The summed E-state index contributed by atoms with van der Waals surface area (Å²) >= 11 is 1.21. The molecule has 0 unspecified atom stereocenters. The average Bonchev–Trinajstić information content (AvgIpc) is 3.15. The number of amides is 1. The van der Waals surface area contributed by atoms with E-state index in [-0.39, 0.29) is 5.69 Å². The number of aromatic nitrogens is 2. The van der Waals surface area contributed by atoms with Crippen LogP contribution in [0.15, 0.2) is 63.3 Å². The van der Waals surface area contributed by atoms with Crippen molar-refractivity contribution in [1.29, 1.82) is 0 Å². The summed E-state index contributed by atoms with van der Waals surface area (Å²) in [4.78, 5) is 32.9. The third-order valence-corrected chi connectivity index (χ3v) is 4.60. The van der Waals surface area contributed by atoms with Gasteiger partial charge in [0.05, 0.1) is 24.6 Å². The smallest absolute Gasteiger partial charge is 0.345 e. The Bertz CT molecular complexity index is 1180. The molecule has 0 aliphatic carbocycles. The number of methoxy groups -OCH3 is 1. The molecule has 0 aliphatic rings. The number of fused-ring (bicyclic) bond motifs is 1. The molecular formula is C19H13N3O4S. The van der Waals surface area contributed by atoms with Gasteiger partial charge in [0.15, 0.2) is 5.13 Å². The van der Waals surface area contributed by atoms with Crippen LogP contribution in [0.25, 0.3) is 22.2 Å². The minimum Gasteiger partial charge on any atom is -0.495 e. The lowest BCUT2D eigenvalue weighted by atomic mass is 10.1. The van der Waals surface area contributed by atoms with Gasteiger partial charge in [-0.1, -0.05) is 18.2 Å². The molecule has 3 heterocycles. The summed E-state index contributed by atoms with van der Waals surface area (Å²) in [5.41, 5.74) is 1.05. The number of anilines is 1. The molecule has 8 heteroatoms. The summed E-state index contributed by atoms with van der Waals surface area (Å²) in [7, 11) is 1.53. The SMILES string of the molecule is COc1ccc(C(=O)Nc2nc(-c3cc4ccccc4oc3=O)cs2)nc1. The van der Waals surface area contributed by atoms with Crippen molar-refractivity contribution in [2.24, 2.45) is 0 Å². The van der Waals surface area contributed by atoms with Gasteiger partial charge in [0.2, 0.25) is 0 Å². The number of rotatable bonds is 4. The summed E-state index contributed by atoms with van der Waals surface area (Å²) in [6.45, 7) is 0. The topological polar surface area (TPSA) is 94.3 Å². The maximum Gasteiger partial charge on any atom is 0.345 e. The first-order valence-electron chi connectivity index (χ1n) is 7.94. The highest BCUT2D eigenvalue weighted by Crippen LogP contribution is 2.25. The van der Waals surface area contributed by atoms with E-state index in [1.54, 1.807) is 35.7 Å². The number of para-hydroxylation sites is 1. The summed E-state index contributed by atoms with van der Waals surface area (Å²) in [5.74, 6) is 0.162. The van der Waals surface area contributed by atoms with E-state index in [4.69, 9.17) is 9.15 Å². The van der Waals surface area contributed by atoms with Gasteiger partial charge in [-0.05, 0) is 24.3 Å². The molecule has 0 radical (unpaired) electrons. The predicted molar refractivity (Wildman–Crippen MR) is 102 cm³/mol. The monoisotopic (exact) mass is 379 g/mol. The van der Waals surface area contributed by atoms with Gasteiger partial charge < -0.3 is 9.15 Å². The summed E-state index contributed by atoms with van der Waals surface area (Å²) in [5, 5.41) is 5.53. The Morgan fingerprint density at radius 1 is 1.22 bits per heavy atom. The quantitative estimate of drug-likeness (QED) is 0.545. The number of carbonyl (C=O) groups excluding carboxylic acids is 1. The summed E-state index contributed by atoms with van der Waals surface area (Å²) in [6, 6.07) is 12.2. The maximum absolute atomic E-state index is 12.3. The fourth-order valence-electron chi connectivity index (χ4n) is 2.49. The molecule has 0 aliphatic heterocycles. The Balaban J connectivity index is 1.59. The lowest BCUT2D eigenvalue weighted by Gasteiger charge is -2.02. The van der Waals surface area contributed by atoms with Gasteiger partial charge in [-0.3, -0.25) is 10.1 Å². The van der Waals surface area contributed by atoms with Crippen LogP contribution in [0.2, 0.25) is 0 Å². The van der Waals surface area contributed by atoms with Crippen molar-refractivity contribution in [2.75, 3.05) is 12.4 Å². The third-order valence-electron chi connectivity index (χ3n) is 3.85. The standard InChI is InChI=1S/C19H13N3O4S/c1-25-12-6-7-14(20-9-12)17(23)22-19-21-15(10-27-19)13-8-11-4-2-3-5-16(11)26-18(13)24/h2-10H,1H3,(H,21,22,23). The molecule has 0 saturated heterocycles. The van der Waals surface area contributed by atoms with E-state index in [1.165, 1.54) is 24.6 Å². The van der Waals surface area contributed by atoms with Crippen LogP contribution < -0.4 is 15.7 Å². The number of hydrogen-bond donors (Lipinski definition) is 1. The van der Waals surface area contributed by atoms with E-state index in [0.717, 1.165) is 5.39 Å². The van der Waals surface area contributed by atoms with E-state index in [9.17, 15) is 9.59 Å². The van der Waals surface area contributed by atoms with Gasteiger partial charge in [0, 0.05) is 10.8 Å². The molecule has 0 spiro atoms. The first-order valence-corrected chi connectivity index (χ1v) is 8.82. The van der Waals surface area contributed by atoms with Crippen LogP contribution in [0, 0.1) is 0 Å². The highest BCUT2D eigenvalue weighted by atomic mass is 32.1. The highest BCUT2D eigenvalue weighted by Gasteiger charge is 2.14. The first kappa shape index (κ1) is 16.9. The van der Waals surface area contributed by atoms with Crippen molar-refractivity contribution >= 4 is 33.3 Å². The molecule has 4 aromatic rings. The minimum absolute atomic E-state index is 0.234. The van der Waals surface area contributed by atoms with E-state index >= 15 is 0 Å². The van der Waals surface area contributed by atoms with Crippen molar-refractivity contribution in [1.82, 2.24) is 9.97 Å². The van der Waals surface area contributed by atoms with Gasteiger partial charge in [-0.2, -0.15) is 0 Å². The van der Waals surface area contributed by atoms with Crippen LogP contribution in [0.4, 0.5) is 5.13 Å². The van der Waals surface area contributed by atoms with Crippen LogP contribution in [-0.2, 0) is 0 Å². The Morgan fingerprint density at radius 3 is 2.85 bits per heavy atom. The molecule has 134 valence electrons. The summed E-state index contributed by atoms with van der Waals surface area (Å²) < 4.78 is 10.3. The normalized spacial score (nSPS) is 10.7. The van der Waals surface area contributed by atoms with Crippen LogP contribution in [0.3, 0.4) is 0 Å². The third kappa shape index (κ3) is 3.42. The van der Waals surface area contributed by atoms with Crippen molar-refractivity contribution in [2.45, 2.75) is 0 Å². The van der Waals surface area contributed by atoms with Crippen molar-refractivity contribution in [3.05, 3.63) is 70.2 Å². The molecule has 1 aromatic carbocycles. The van der Waals surface area contributed by atoms with Gasteiger partial charge in [-0.15, -0.1) is 11.3 Å². The largest absolute Gasteiger partial charge is 0.495 e. The fraction of sp³-hybridized carbons (Fsp3) is 0.0526. The fourth-order valence-corrected chi connectivity index (χ4v) is 3.20. The Kier molecular flexibility index (Phi) is 4.39. The van der Waals surface area contributed by atoms with Crippen LogP contribution in [-0.4, -0.2) is 23.0 Å². The molecule has 0 atom stereocenters. The zero-order valence-electron chi connectivity index (χ0n) is 14.1. The molecule has 27 heavy (non-hydrogen) atoms. The Labute approximate surface area is 157 Å². The van der Waals surface area contributed by atoms with Gasteiger partial charge in [-0.25, -0.2) is 14.8 Å². The second kappa shape index (κ2) is 7.00. The highest BCUT2D eigenvalue weighted by molar-refractivity contribution is 7.14. The van der Waals surface area contributed by atoms with Crippen molar-refractivity contribution in [3.63, 3.8) is 0 Å². The predicted octanol–water partition coefficient (Wildman–Crippen LogP) is 3.57. The molecule has 0 fully saturated rings. The lowest BCUT2D eigenvalue weighted by molar-refractivity contribution is 0.102. The second-order valence-electron chi connectivity index (χ2n) is 5.56. The number of nitrogens with zero attached hydrogens (tertiary/aromatic N) is 2. The molecule has 4 rings (SSSR count). The molecule has 0 bridgehead atoms. The number of hydrogen-bond acceptors (Lipinski definition) is 7. The van der Waals surface area contributed by atoms with E-state index in [1.807, 2.05) is 12.1 Å².